The monoisotopic (exact) mass is 419 g/mol. The van der Waals surface area contributed by atoms with Gasteiger partial charge in [0.1, 0.15) is 5.75 Å². The molecule has 0 aliphatic carbocycles. The maximum atomic E-state index is 5.27. The fraction of sp³-hybridized carbons (Fsp3) is 0.588. The van der Waals surface area contributed by atoms with Gasteiger partial charge < -0.3 is 15.4 Å². The smallest absolute Gasteiger partial charge is 0.191 e. The minimum Gasteiger partial charge on any atom is -0.496 e. The van der Waals surface area contributed by atoms with Gasteiger partial charge in [-0.1, -0.05) is 26.0 Å². The average Bonchev–Trinajstić information content (AvgIpc) is 2.46. The number of hydrogen-bond acceptors (Lipinski definition) is 2. The van der Waals surface area contributed by atoms with Crippen LogP contribution < -0.4 is 15.4 Å². The average molecular weight is 419 g/mol. The highest BCUT2D eigenvalue weighted by molar-refractivity contribution is 14.0. The van der Waals surface area contributed by atoms with E-state index < -0.39 is 0 Å². The Balaban J connectivity index is 0.00000441. The number of methoxy groups -OCH3 is 1. The molecule has 0 unspecified atom stereocenters. The van der Waals surface area contributed by atoms with E-state index >= 15 is 0 Å². The summed E-state index contributed by atoms with van der Waals surface area (Å²) in [6, 6.07) is 6.22. The summed E-state index contributed by atoms with van der Waals surface area (Å²) in [4.78, 5) is 4.25. The van der Waals surface area contributed by atoms with Crippen molar-refractivity contribution >= 4 is 29.9 Å². The molecule has 2 N–H and O–H groups in total. The van der Waals surface area contributed by atoms with Crippen LogP contribution in [0.1, 0.15) is 37.8 Å². The van der Waals surface area contributed by atoms with Crippen molar-refractivity contribution in [2.75, 3.05) is 20.7 Å². The second kappa shape index (κ2) is 11.6. The van der Waals surface area contributed by atoms with Gasteiger partial charge >= 0.3 is 0 Å². The Bertz CT molecular complexity index is 461. The molecule has 4 nitrogen and oxygen atoms in total. The van der Waals surface area contributed by atoms with E-state index in [1.165, 1.54) is 18.4 Å². The van der Waals surface area contributed by atoms with Crippen LogP contribution in [0.5, 0.6) is 5.75 Å². The molecular formula is C17H30IN3O. The Hall–Kier alpha value is -0.980. The molecule has 0 saturated carbocycles. The van der Waals surface area contributed by atoms with Crippen molar-refractivity contribution in [3.63, 3.8) is 0 Å². The number of hydrogen-bond donors (Lipinski definition) is 2. The number of halogens is 1. The summed E-state index contributed by atoms with van der Waals surface area (Å²) in [5, 5.41) is 6.68. The number of rotatable bonds is 7. The van der Waals surface area contributed by atoms with E-state index in [-0.39, 0.29) is 24.0 Å². The molecule has 0 aliphatic heterocycles. The molecule has 126 valence electrons. The number of benzene rings is 1. The first kappa shape index (κ1) is 21.0. The molecule has 0 atom stereocenters. The Morgan fingerprint density at radius 2 is 2.00 bits per heavy atom. The van der Waals surface area contributed by atoms with Crippen LogP contribution in [0, 0.1) is 12.8 Å². The predicted molar refractivity (Wildman–Crippen MR) is 105 cm³/mol. The third kappa shape index (κ3) is 7.87. The third-order valence-electron chi connectivity index (χ3n) is 3.39. The molecule has 1 aromatic rings. The van der Waals surface area contributed by atoms with Crippen LogP contribution in [0.15, 0.2) is 23.2 Å². The number of guanidine groups is 1. The molecule has 0 bridgehead atoms. The van der Waals surface area contributed by atoms with Gasteiger partial charge in [-0.2, -0.15) is 0 Å². The third-order valence-corrected chi connectivity index (χ3v) is 3.39. The highest BCUT2D eigenvalue weighted by atomic mass is 127. The minimum absolute atomic E-state index is 0. The zero-order chi connectivity index (χ0) is 15.7. The molecular weight excluding hydrogens is 389 g/mol. The minimum atomic E-state index is 0. The van der Waals surface area contributed by atoms with Gasteiger partial charge in [-0.05, 0) is 42.9 Å². The molecule has 1 aromatic carbocycles. The summed E-state index contributed by atoms with van der Waals surface area (Å²) in [6.07, 6.45) is 2.40. The van der Waals surface area contributed by atoms with Crippen LogP contribution >= 0.6 is 24.0 Å². The molecule has 0 amide bonds. The summed E-state index contributed by atoms with van der Waals surface area (Å²) < 4.78 is 5.27. The Morgan fingerprint density at radius 1 is 1.27 bits per heavy atom. The topological polar surface area (TPSA) is 45.7 Å². The predicted octanol–water partition coefficient (Wildman–Crippen LogP) is 3.72. The van der Waals surface area contributed by atoms with Gasteiger partial charge in [-0.25, -0.2) is 0 Å². The quantitative estimate of drug-likeness (QED) is 0.307. The van der Waals surface area contributed by atoms with Crippen molar-refractivity contribution in [1.29, 1.82) is 0 Å². The lowest BCUT2D eigenvalue weighted by molar-refractivity contribution is 0.411. The summed E-state index contributed by atoms with van der Waals surface area (Å²) in [5.41, 5.74) is 2.37. The van der Waals surface area contributed by atoms with E-state index in [2.05, 4.69) is 48.5 Å². The van der Waals surface area contributed by atoms with Gasteiger partial charge in [0, 0.05) is 20.1 Å². The van der Waals surface area contributed by atoms with E-state index in [9.17, 15) is 0 Å². The standard InChI is InChI=1S/C17H29N3O.HI/c1-13(2)7-6-10-19-17(18-4)20-12-15-8-9-16(21-5)14(3)11-15;/h8-9,11,13H,6-7,10,12H2,1-5H3,(H2,18,19,20);1H. The molecule has 0 heterocycles. The molecule has 0 aliphatic rings. The van der Waals surface area contributed by atoms with Crippen LogP contribution in [0.4, 0.5) is 0 Å². The molecule has 1 rings (SSSR count). The molecule has 0 fully saturated rings. The normalized spacial score (nSPS) is 11.1. The van der Waals surface area contributed by atoms with E-state index in [1.54, 1.807) is 14.2 Å². The number of nitrogens with zero attached hydrogens (tertiary/aromatic N) is 1. The molecule has 0 radical (unpaired) electrons. The summed E-state index contributed by atoms with van der Waals surface area (Å²) in [7, 11) is 3.50. The largest absolute Gasteiger partial charge is 0.496 e. The van der Waals surface area contributed by atoms with Crippen molar-refractivity contribution in [3.05, 3.63) is 29.3 Å². The van der Waals surface area contributed by atoms with Gasteiger partial charge in [-0.3, -0.25) is 4.99 Å². The van der Waals surface area contributed by atoms with Crippen molar-refractivity contribution < 1.29 is 4.74 Å². The van der Waals surface area contributed by atoms with Gasteiger partial charge in [0.25, 0.3) is 0 Å². The van der Waals surface area contributed by atoms with E-state index in [0.29, 0.717) is 0 Å². The van der Waals surface area contributed by atoms with Gasteiger partial charge in [-0.15, -0.1) is 24.0 Å². The summed E-state index contributed by atoms with van der Waals surface area (Å²) in [5.74, 6) is 2.53. The molecule has 0 spiro atoms. The Kier molecular flexibility index (Phi) is 11.1. The van der Waals surface area contributed by atoms with E-state index in [4.69, 9.17) is 4.74 Å². The summed E-state index contributed by atoms with van der Waals surface area (Å²) in [6.45, 7) is 8.27. The maximum absolute atomic E-state index is 5.27. The second-order valence-corrected chi connectivity index (χ2v) is 5.69. The van der Waals surface area contributed by atoms with Crippen LogP contribution in [0.3, 0.4) is 0 Å². The fourth-order valence-corrected chi connectivity index (χ4v) is 2.17. The zero-order valence-electron chi connectivity index (χ0n) is 14.4. The molecule has 5 heteroatoms. The Morgan fingerprint density at radius 3 is 2.55 bits per heavy atom. The SMILES string of the molecule is CN=C(NCCCC(C)C)NCc1ccc(OC)c(C)c1.I. The number of nitrogens with one attached hydrogen (secondary N) is 2. The van der Waals surface area contributed by atoms with Gasteiger partial charge in [0.2, 0.25) is 0 Å². The lowest BCUT2D eigenvalue weighted by Crippen LogP contribution is -2.37. The van der Waals surface area contributed by atoms with Crippen molar-refractivity contribution in [3.8, 4) is 5.75 Å². The highest BCUT2D eigenvalue weighted by Crippen LogP contribution is 2.18. The highest BCUT2D eigenvalue weighted by Gasteiger charge is 2.02. The van der Waals surface area contributed by atoms with Crippen LogP contribution in [-0.4, -0.2) is 26.7 Å². The van der Waals surface area contributed by atoms with E-state index in [0.717, 1.165) is 36.3 Å². The fourth-order valence-electron chi connectivity index (χ4n) is 2.17. The lowest BCUT2D eigenvalue weighted by atomic mass is 10.1. The number of ether oxygens (including phenoxy) is 1. The van der Waals surface area contributed by atoms with E-state index in [1.807, 2.05) is 6.07 Å². The number of aliphatic imine (C=N–C) groups is 1. The maximum Gasteiger partial charge on any atom is 0.191 e. The van der Waals surface area contributed by atoms with Crippen molar-refractivity contribution in [2.24, 2.45) is 10.9 Å². The molecule has 0 saturated heterocycles. The molecule has 0 aromatic heterocycles. The summed E-state index contributed by atoms with van der Waals surface area (Å²) >= 11 is 0. The first-order chi connectivity index (χ1) is 10.1. The van der Waals surface area contributed by atoms with Crippen molar-refractivity contribution in [2.45, 2.75) is 40.2 Å². The zero-order valence-corrected chi connectivity index (χ0v) is 16.7. The van der Waals surface area contributed by atoms with Gasteiger partial charge in [0.15, 0.2) is 5.96 Å². The first-order valence-corrected chi connectivity index (χ1v) is 7.64. The first-order valence-electron chi connectivity index (χ1n) is 7.64. The van der Waals surface area contributed by atoms with Crippen LogP contribution in [0.2, 0.25) is 0 Å². The second-order valence-electron chi connectivity index (χ2n) is 5.69. The van der Waals surface area contributed by atoms with Crippen LogP contribution in [-0.2, 0) is 6.54 Å². The van der Waals surface area contributed by atoms with Gasteiger partial charge in [0.05, 0.1) is 7.11 Å². The van der Waals surface area contributed by atoms with Crippen LogP contribution in [0.25, 0.3) is 0 Å². The number of aryl methyl sites for hydroxylation is 1. The lowest BCUT2D eigenvalue weighted by Gasteiger charge is -2.13. The van der Waals surface area contributed by atoms with Crippen molar-refractivity contribution in [1.82, 2.24) is 10.6 Å². The Labute approximate surface area is 152 Å². The molecule has 22 heavy (non-hydrogen) atoms.